The van der Waals surface area contributed by atoms with E-state index in [-0.39, 0.29) is 36.0 Å². The van der Waals surface area contributed by atoms with Crippen LogP contribution in [0, 0.1) is 5.92 Å². The van der Waals surface area contributed by atoms with Gasteiger partial charge in [-0.3, -0.25) is 4.99 Å². The number of guanidine groups is 1. The molecule has 1 aromatic rings. The molecule has 0 spiro atoms. The van der Waals surface area contributed by atoms with Gasteiger partial charge in [0.2, 0.25) is 0 Å². The number of halogens is 4. The van der Waals surface area contributed by atoms with Gasteiger partial charge in [-0.05, 0) is 37.5 Å². The highest BCUT2D eigenvalue weighted by molar-refractivity contribution is 14.0. The van der Waals surface area contributed by atoms with Crippen molar-refractivity contribution in [3.05, 3.63) is 35.4 Å². The number of morpholine rings is 1. The highest BCUT2D eigenvalue weighted by atomic mass is 127. The Kier molecular flexibility index (Phi) is 9.02. The molecule has 2 N–H and O–H groups in total. The summed E-state index contributed by atoms with van der Waals surface area (Å²) in [5, 5.41) is 13.3. The molecule has 0 bridgehead atoms. The molecule has 0 amide bonds. The van der Waals surface area contributed by atoms with Crippen molar-refractivity contribution in [3.8, 4) is 0 Å². The number of ether oxygens (including phenoxy) is 1. The van der Waals surface area contributed by atoms with E-state index in [2.05, 4.69) is 5.32 Å². The van der Waals surface area contributed by atoms with Crippen molar-refractivity contribution in [2.45, 2.75) is 44.6 Å². The number of hydrogen-bond acceptors (Lipinski definition) is 3. The summed E-state index contributed by atoms with van der Waals surface area (Å²) in [6, 6.07) is 5.32. The van der Waals surface area contributed by atoms with Crippen LogP contribution in [0.5, 0.6) is 0 Å². The molecule has 1 saturated heterocycles. The number of benzene rings is 1. The van der Waals surface area contributed by atoms with Crippen LogP contribution < -0.4 is 5.32 Å². The number of aliphatic imine (C=N–C) groups is 1. The second-order valence-corrected chi connectivity index (χ2v) is 7.38. The minimum absolute atomic E-state index is 0. The summed E-state index contributed by atoms with van der Waals surface area (Å²) >= 11 is 0. The van der Waals surface area contributed by atoms with Crippen molar-refractivity contribution in [2.75, 3.05) is 32.8 Å². The van der Waals surface area contributed by atoms with Crippen LogP contribution in [0.3, 0.4) is 0 Å². The van der Waals surface area contributed by atoms with Crippen LogP contribution in [-0.4, -0.2) is 54.9 Å². The number of alkyl halides is 3. The molecule has 3 rings (SSSR count). The normalized spacial score (nSPS) is 25.6. The van der Waals surface area contributed by atoms with E-state index in [1.165, 1.54) is 6.07 Å². The third-order valence-corrected chi connectivity index (χ3v) is 5.38. The predicted octanol–water partition coefficient (Wildman–Crippen LogP) is 3.82. The Morgan fingerprint density at radius 1 is 1.34 bits per heavy atom. The van der Waals surface area contributed by atoms with Gasteiger partial charge in [0.05, 0.1) is 24.8 Å². The van der Waals surface area contributed by atoms with Gasteiger partial charge in [-0.2, -0.15) is 13.2 Å². The summed E-state index contributed by atoms with van der Waals surface area (Å²) in [4.78, 5) is 6.72. The molecule has 2 aliphatic rings. The first kappa shape index (κ1) is 24.2. The first-order valence-electron chi connectivity index (χ1n) is 9.88. The van der Waals surface area contributed by atoms with Gasteiger partial charge in [0.25, 0.3) is 0 Å². The molecular formula is C20H29F3IN3O2. The van der Waals surface area contributed by atoms with E-state index in [0.717, 1.165) is 37.4 Å². The van der Waals surface area contributed by atoms with Gasteiger partial charge in [0, 0.05) is 25.6 Å². The quantitative estimate of drug-likeness (QED) is 0.355. The number of hydrogen-bond donors (Lipinski definition) is 2. The Balaban J connectivity index is 0.00000300. The fourth-order valence-electron chi connectivity index (χ4n) is 3.82. The van der Waals surface area contributed by atoms with Gasteiger partial charge in [-0.25, -0.2) is 0 Å². The number of aliphatic hydroxyl groups excluding tert-OH is 1. The summed E-state index contributed by atoms with van der Waals surface area (Å²) in [7, 11) is 0. The molecule has 3 atom stereocenters. The van der Waals surface area contributed by atoms with Crippen molar-refractivity contribution in [3.63, 3.8) is 0 Å². The number of nitrogens with one attached hydrogen (secondary N) is 1. The second kappa shape index (κ2) is 10.8. The molecule has 9 heteroatoms. The van der Waals surface area contributed by atoms with Gasteiger partial charge in [-0.15, -0.1) is 24.0 Å². The lowest BCUT2D eigenvalue weighted by Crippen LogP contribution is -2.48. The van der Waals surface area contributed by atoms with Crippen LogP contribution in [-0.2, 0) is 10.9 Å². The molecular weight excluding hydrogens is 498 g/mol. The molecule has 29 heavy (non-hydrogen) atoms. The third kappa shape index (κ3) is 6.45. The predicted molar refractivity (Wildman–Crippen MR) is 116 cm³/mol. The molecule has 2 fully saturated rings. The molecule has 1 heterocycles. The standard InChI is InChI=1S/C20H28F3N3O2.HI/c1-2-24-19(25-12-15-6-4-8-17(15)27)26-9-10-28-18(13-26)14-5-3-7-16(11-14)20(21,22)23;/h3,5,7,11,15,17-18,27H,2,4,6,8-10,12-13H2,1H3,(H,24,25);1H. The zero-order valence-electron chi connectivity index (χ0n) is 16.5. The summed E-state index contributed by atoms with van der Waals surface area (Å²) in [6.07, 6.45) is -2.30. The minimum Gasteiger partial charge on any atom is -0.393 e. The molecule has 164 valence electrons. The lowest BCUT2D eigenvalue weighted by atomic mass is 10.0. The van der Waals surface area contributed by atoms with Gasteiger partial charge >= 0.3 is 6.18 Å². The topological polar surface area (TPSA) is 57.1 Å². The molecule has 0 radical (unpaired) electrons. The maximum atomic E-state index is 13.0. The van der Waals surface area contributed by atoms with Crippen molar-refractivity contribution >= 4 is 29.9 Å². The Morgan fingerprint density at radius 3 is 2.79 bits per heavy atom. The van der Waals surface area contributed by atoms with E-state index in [1.54, 1.807) is 6.07 Å². The molecule has 1 saturated carbocycles. The smallest absolute Gasteiger partial charge is 0.393 e. The van der Waals surface area contributed by atoms with E-state index in [0.29, 0.717) is 38.3 Å². The molecule has 5 nitrogen and oxygen atoms in total. The highest BCUT2D eigenvalue weighted by Gasteiger charge is 2.32. The fraction of sp³-hybridized carbons (Fsp3) is 0.650. The SMILES string of the molecule is CCNC(=NCC1CCCC1O)N1CCOC(c2cccc(C(F)(F)F)c2)C1.I. The van der Waals surface area contributed by atoms with Crippen LogP contribution in [0.1, 0.15) is 43.4 Å². The van der Waals surface area contributed by atoms with E-state index in [1.807, 2.05) is 11.8 Å². The molecule has 3 unspecified atom stereocenters. The minimum atomic E-state index is -4.37. The van der Waals surface area contributed by atoms with E-state index in [4.69, 9.17) is 9.73 Å². The Labute approximate surface area is 186 Å². The van der Waals surface area contributed by atoms with Crippen molar-refractivity contribution in [1.82, 2.24) is 10.2 Å². The van der Waals surface area contributed by atoms with Crippen molar-refractivity contribution in [1.29, 1.82) is 0 Å². The number of nitrogens with zero attached hydrogens (tertiary/aromatic N) is 2. The molecule has 0 aromatic heterocycles. The van der Waals surface area contributed by atoms with Crippen molar-refractivity contribution < 1.29 is 23.0 Å². The Morgan fingerprint density at radius 2 is 2.14 bits per heavy atom. The van der Waals surface area contributed by atoms with E-state index in [9.17, 15) is 18.3 Å². The summed E-state index contributed by atoms with van der Waals surface area (Å²) in [5.74, 6) is 0.899. The third-order valence-electron chi connectivity index (χ3n) is 5.38. The van der Waals surface area contributed by atoms with Crippen molar-refractivity contribution in [2.24, 2.45) is 10.9 Å². The van der Waals surface area contributed by atoms with Gasteiger partial charge < -0.3 is 20.1 Å². The first-order valence-corrected chi connectivity index (χ1v) is 9.88. The lowest BCUT2D eigenvalue weighted by Gasteiger charge is -2.35. The zero-order valence-corrected chi connectivity index (χ0v) is 18.8. The van der Waals surface area contributed by atoms with Crippen LogP contribution in [0.2, 0.25) is 0 Å². The summed E-state index contributed by atoms with van der Waals surface area (Å²) in [6.45, 7) is 4.68. The highest BCUT2D eigenvalue weighted by Crippen LogP contribution is 2.32. The average Bonchev–Trinajstić information content (AvgIpc) is 3.09. The van der Waals surface area contributed by atoms with Gasteiger partial charge in [-0.1, -0.05) is 18.6 Å². The average molecular weight is 527 g/mol. The molecule has 1 aliphatic heterocycles. The van der Waals surface area contributed by atoms with E-state index >= 15 is 0 Å². The Hall–Kier alpha value is -1.07. The van der Waals surface area contributed by atoms with E-state index < -0.39 is 17.8 Å². The lowest BCUT2D eigenvalue weighted by molar-refractivity contribution is -0.137. The molecule has 1 aromatic carbocycles. The van der Waals surface area contributed by atoms with Crippen LogP contribution in [0.15, 0.2) is 29.3 Å². The summed E-state index contributed by atoms with van der Waals surface area (Å²) < 4.78 is 44.8. The van der Waals surface area contributed by atoms with Crippen LogP contribution in [0.25, 0.3) is 0 Å². The van der Waals surface area contributed by atoms with Crippen LogP contribution >= 0.6 is 24.0 Å². The first-order chi connectivity index (χ1) is 13.4. The monoisotopic (exact) mass is 527 g/mol. The molecule has 1 aliphatic carbocycles. The second-order valence-electron chi connectivity index (χ2n) is 7.38. The Bertz CT molecular complexity index is 687. The number of rotatable bonds is 4. The van der Waals surface area contributed by atoms with Crippen LogP contribution in [0.4, 0.5) is 13.2 Å². The van der Waals surface area contributed by atoms with Gasteiger partial charge in [0.1, 0.15) is 6.10 Å². The maximum absolute atomic E-state index is 13.0. The summed E-state index contributed by atoms with van der Waals surface area (Å²) in [5.41, 5.74) is -0.150. The zero-order chi connectivity index (χ0) is 20.1. The number of aliphatic hydroxyl groups is 1. The largest absolute Gasteiger partial charge is 0.416 e. The fourth-order valence-corrected chi connectivity index (χ4v) is 3.82. The van der Waals surface area contributed by atoms with Gasteiger partial charge in [0.15, 0.2) is 5.96 Å². The maximum Gasteiger partial charge on any atom is 0.416 e.